The van der Waals surface area contributed by atoms with Gasteiger partial charge in [0.2, 0.25) is 5.91 Å². The number of fused-ring (bicyclic) bond motifs is 2. The van der Waals surface area contributed by atoms with Gasteiger partial charge in [0, 0.05) is 30.6 Å². The normalized spacial score (nSPS) is 13.7. The maximum absolute atomic E-state index is 12.6. The molecular weight excluding hydrogens is 324 g/mol. The van der Waals surface area contributed by atoms with E-state index in [1.54, 1.807) is 0 Å². The number of nitrogens with zero attached hydrogens (tertiary/aromatic N) is 1. The first-order valence-corrected chi connectivity index (χ1v) is 9.07. The fourth-order valence-electron chi connectivity index (χ4n) is 3.64. The molecule has 132 valence electrons. The zero-order chi connectivity index (χ0) is 18.1. The zero-order valence-corrected chi connectivity index (χ0v) is 14.9. The Morgan fingerprint density at radius 3 is 2.77 bits per heavy atom. The molecule has 0 spiro atoms. The van der Waals surface area contributed by atoms with E-state index in [-0.39, 0.29) is 11.5 Å². The molecule has 3 aromatic rings. The smallest absolute Gasteiger partial charge is 0.251 e. The summed E-state index contributed by atoms with van der Waals surface area (Å²) in [6, 6.07) is 16.2. The molecule has 2 aromatic carbocycles. The van der Waals surface area contributed by atoms with Crippen molar-refractivity contribution in [1.29, 1.82) is 0 Å². The number of carbonyl (C=O) groups is 1. The molecule has 26 heavy (non-hydrogen) atoms. The van der Waals surface area contributed by atoms with Gasteiger partial charge in [0.1, 0.15) is 0 Å². The van der Waals surface area contributed by atoms with Crippen LogP contribution in [0.4, 0.5) is 0 Å². The summed E-state index contributed by atoms with van der Waals surface area (Å²) in [6.45, 7) is 3.32. The van der Waals surface area contributed by atoms with Crippen LogP contribution >= 0.6 is 0 Å². The van der Waals surface area contributed by atoms with Crippen LogP contribution in [0.25, 0.3) is 10.9 Å². The molecule has 0 saturated carbocycles. The highest BCUT2D eigenvalue weighted by Crippen LogP contribution is 2.20. The molecule has 4 heteroatoms. The maximum Gasteiger partial charge on any atom is 0.251 e. The average molecular weight is 346 g/mol. The number of carbonyl (C=O) groups excluding carboxylic acids is 1. The van der Waals surface area contributed by atoms with E-state index >= 15 is 0 Å². The topological polar surface area (TPSA) is 53.2 Å². The summed E-state index contributed by atoms with van der Waals surface area (Å²) < 4.78 is 0. The second-order valence-electron chi connectivity index (χ2n) is 7.04. The molecule has 0 fully saturated rings. The van der Waals surface area contributed by atoms with Crippen molar-refractivity contribution >= 4 is 16.8 Å². The van der Waals surface area contributed by atoms with Crippen molar-refractivity contribution in [2.75, 3.05) is 6.54 Å². The molecule has 4 rings (SSSR count). The number of aromatic nitrogens is 1. The predicted molar refractivity (Wildman–Crippen MR) is 103 cm³/mol. The van der Waals surface area contributed by atoms with Crippen molar-refractivity contribution in [2.24, 2.45) is 0 Å². The first-order chi connectivity index (χ1) is 12.6. The lowest BCUT2D eigenvalue weighted by Gasteiger charge is -2.29. The number of hydrogen-bond donors (Lipinski definition) is 1. The van der Waals surface area contributed by atoms with E-state index < -0.39 is 0 Å². The Morgan fingerprint density at radius 1 is 1.12 bits per heavy atom. The molecule has 1 aliphatic heterocycles. The highest BCUT2D eigenvalue weighted by molar-refractivity contribution is 5.80. The molecule has 1 aromatic heterocycles. The predicted octanol–water partition coefficient (Wildman–Crippen LogP) is 3.35. The number of amides is 1. The van der Waals surface area contributed by atoms with Crippen LogP contribution in [0.5, 0.6) is 0 Å². The number of hydrogen-bond acceptors (Lipinski definition) is 2. The largest absolute Gasteiger partial charge is 0.338 e. The van der Waals surface area contributed by atoms with Crippen molar-refractivity contribution in [2.45, 2.75) is 32.7 Å². The van der Waals surface area contributed by atoms with E-state index in [9.17, 15) is 9.59 Å². The molecule has 0 bridgehead atoms. The van der Waals surface area contributed by atoms with Crippen LogP contribution < -0.4 is 5.56 Å². The van der Waals surface area contributed by atoms with Crippen LogP contribution in [-0.2, 0) is 24.2 Å². The third kappa shape index (κ3) is 3.27. The Balaban J connectivity index is 1.44. The summed E-state index contributed by atoms with van der Waals surface area (Å²) in [7, 11) is 0. The molecule has 0 aliphatic carbocycles. The van der Waals surface area contributed by atoms with Crippen molar-refractivity contribution in [3.63, 3.8) is 0 Å². The van der Waals surface area contributed by atoms with Gasteiger partial charge in [0.05, 0.1) is 0 Å². The Labute approximate surface area is 152 Å². The van der Waals surface area contributed by atoms with Crippen LogP contribution in [0, 0.1) is 6.92 Å². The van der Waals surface area contributed by atoms with Crippen molar-refractivity contribution in [3.05, 3.63) is 81.1 Å². The van der Waals surface area contributed by atoms with Crippen LogP contribution in [0.3, 0.4) is 0 Å². The van der Waals surface area contributed by atoms with Gasteiger partial charge in [0.15, 0.2) is 0 Å². The zero-order valence-electron chi connectivity index (χ0n) is 14.9. The van der Waals surface area contributed by atoms with E-state index in [1.165, 1.54) is 11.1 Å². The van der Waals surface area contributed by atoms with Gasteiger partial charge in [-0.15, -0.1) is 0 Å². The number of aryl methyl sites for hydroxylation is 2. The molecule has 1 aliphatic rings. The summed E-state index contributed by atoms with van der Waals surface area (Å²) in [5.74, 6) is 0.206. The van der Waals surface area contributed by atoms with E-state index in [4.69, 9.17) is 0 Å². The average Bonchev–Trinajstić information content (AvgIpc) is 2.66. The second-order valence-corrected chi connectivity index (χ2v) is 7.04. The summed E-state index contributed by atoms with van der Waals surface area (Å²) >= 11 is 0. The van der Waals surface area contributed by atoms with Crippen molar-refractivity contribution in [1.82, 2.24) is 9.88 Å². The molecule has 1 N–H and O–H groups in total. The molecule has 1 amide bonds. The third-order valence-corrected chi connectivity index (χ3v) is 5.21. The van der Waals surface area contributed by atoms with Gasteiger partial charge < -0.3 is 9.88 Å². The first kappa shape index (κ1) is 16.6. The summed E-state index contributed by atoms with van der Waals surface area (Å²) in [6.07, 6.45) is 2.16. The fourth-order valence-corrected chi connectivity index (χ4v) is 3.64. The lowest BCUT2D eigenvalue weighted by Crippen LogP contribution is -2.36. The Kier molecular flexibility index (Phi) is 4.33. The van der Waals surface area contributed by atoms with Crippen LogP contribution in [0.15, 0.2) is 53.3 Å². The minimum absolute atomic E-state index is 0.0502. The molecule has 4 nitrogen and oxygen atoms in total. The molecule has 0 saturated heterocycles. The molecule has 0 radical (unpaired) electrons. The number of nitrogens with one attached hydrogen (secondary N) is 1. The highest BCUT2D eigenvalue weighted by Gasteiger charge is 2.19. The van der Waals surface area contributed by atoms with Gasteiger partial charge in [0.25, 0.3) is 5.56 Å². The molecule has 0 unspecified atom stereocenters. The van der Waals surface area contributed by atoms with Crippen LogP contribution in [-0.4, -0.2) is 22.3 Å². The molecule has 0 atom stereocenters. The van der Waals surface area contributed by atoms with Crippen molar-refractivity contribution in [3.8, 4) is 0 Å². The third-order valence-electron chi connectivity index (χ3n) is 5.21. The Bertz CT molecular complexity index is 1040. The van der Waals surface area contributed by atoms with Gasteiger partial charge in [-0.1, -0.05) is 30.3 Å². The lowest BCUT2D eigenvalue weighted by atomic mass is 9.99. The van der Waals surface area contributed by atoms with Crippen LogP contribution in [0.1, 0.15) is 28.7 Å². The van der Waals surface area contributed by atoms with Crippen molar-refractivity contribution < 1.29 is 4.79 Å². The monoisotopic (exact) mass is 346 g/mol. The van der Waals surface area contributed by atoms with E-state index in [0.29, 0.717) is 24.9 Å². The number of aromatic amines is 1. The number of pyridine rings is 1. The first-order valence-electron chi connectivity index (χ1n) is 9.07. The number of rotatable bonds is 3. The van der Waals surface area contributed by atoms with Gasteiger partial charge in [-0.05, 0) is 60.0 Å². The quantitative estimate of drug-likeness (QED) is 0.791. The summed E-state index contributed by atoms with van der Waals surface area (Å²) in [4.78, 5) is 29.2. The highest BCUT2D eigenvalue weighted by atomic mass is 16.2. The minimum atomic E-state index is -0.0502. The summed E-state index contributed by atoms with van der Waals surface area (Å²) in [5.41, 5.74) is 5.23. The second kappa shape index (κ2) is 6.79. The molecular formula is C22H22N2O2. The Hall–Kier alpha value is -2.88. The SMILES string of the molecule is Cc1cc2cc(CCC(=O)N3CCc4ccccc4C3)ccc2[nH]c1=O. The van der Waals surface area contributed by atoms with E-state index in [1.807, 2.05) is 36.1 Å². The fraction of sp³-hybridized carbons (Fsp3) is 0.273. The van der Waals surface area contributed by atoms with E-state index in [2.05, 4.69) is 29.2 Å². The van der Waals surface area contributed by atoms with Gasteiger partial charge in [-0.2, -0.15) is 0 Å². The van der Waals surface area contributed by atoms with E-state index in [0.717, 1.165) is 29.4 Å². The standard InChI is InChI=1S/C22H22N2O2/c1-15-12-19-13-16(6-8-20(19)23-22(15)26)7-9-21(25)24-11-10-17-4-2-3-5-18(17)14-24/h2-6,8,12-13H,7,9-11,14H2,1H3,(H,23,26). The number of benzene rings is 2. The Morgan fingerprint density at radius 2 is 1.92 bits per heavy atom. The maximum atomic E-state index is 12.6. The number of H-pyrrole nitrogens is 1. The van der Waals surface area contributed by atoms with Crippen LogP contribution in [0.2, 0.25) is 0 Å². The van der Waals surface area contributed by atoms with Gasteiger partial charge >= 0.3 is 0 Å². The van der Waals surface area contributed by atoms with Gasteiger partial charge in [-0.25, -0.2) is 0 Å². The minimum Gasteiger partial charge on any atom is -0.338 e. The lowest BCUT2D eigenvalue weighted by molar-refractivity contribution is -0.132. The van der Waals surface area contributed by atoms with Gasteiger partial charge in [-0.3, -0.25) is 9.59 Å². The summed E-state index contributed by atoms with van der Waals surface area (Å²) in [5, 5.41) is 1.01. The molecule has 2 heterocycles.